The van der Waals surface area contributed by atoms with Crippen LogP contribution >= 0.6 is 0 Å². The van der Waals surface area contributed by atoms with Crippen molar-refractivity contribution in [3.63, 3.8) is 0 Å². The first-order valence-corrected chi connectivity index (χ1v) is 1.41. The number of rotatable bonds is 0. The molecule has 0 aliphatic rings. The van der Waals surface area contributed by atoms with Crippen molar-refractivity contribution in [2.45, 2.75) is 20.3 Å². The Morgan fingerprint density at radius 3 is 1.00 bits per heavy atom. The Bertz CT molecular complexity index is 8.75. The van der Waals surface area contributed by atoms with Crippen molar-refractivity contribution in [2.24, 2.45) is 0 Å². The molecule has 38 valence electrons. The fourth-order valence-corrected chi connectivity index (χ4v) is 0. The van der Waals surface area contributed by atoms with Crippen LogP contribution in [0, 0.1) is 0 Å². The Kier molecular flexibility index (Phi) is 149. The predicted molar refractivity (Wildman–Crippen MR) is 16.0 cm³/mol. The molecule has 6 heavy (non-hydrogen) atoms. The van der Waals surface area contributed by atoms with Gasteiger partial charge in [-0.2, -0.15) is 0 Å². The summed E-state index contributed by atoms with van der Waals surface area (Å²) in [5.41, 5.74) is 0. The largest absolute Gasteiger partial charge is 2.00 e. The van der Waals surface area contributed by atoms with E-state index >= 15 is 0 Å². The van der Waals surface area contributed by atoms with E-state index in [4.69, 9.17) is 0 Å². The molecule has 0 nitrogen and oxygen atoms in total. The van der Waals surface area contributed by atoms with Crippen LogP contribution in [0.25, 0.3) is 0 Å². The number of hydrogen-bond acceptors (Lipinski definition) is 0. The average Bonchev–Trinajstić information content (AvgIpc) is 0.918. The molecule has 0 aromatic heterocycles. The molecule has 3 heteroatoms. The second kappa shape index (κ2) is 33.5. The van der Waals surface area contributed by atoms with Crippen LogP contribution in [0.4, 0.5) is 0 Å². The summed E-state index contributed by atoms with van der Waals surface area (Å²) in [6.07, 6.45) is 1.25. The van der Waals surface area contributed by atoms with Gasteiger partial charge in [0.05, 0.1) is 0 Å². The third-order valence-electron chi connectivity index (χ3n) is 0. The topological polar surface area (TPSA) is 0 Å². The van der Waals surface area contributed by atoms with Gasteiger partial charge in [-0.05, 0) is 0 Å². The minimum atomic E-state index is 0. The summed E-state index contributed by atoms with van der Waals surface area (Å²) in [5.74, 6) is 0. The third-order valence-corrected chi connectivity index (χ3v) is 0. The van der Waals surface area contributed by atoms with Gasteiger partial charge in [0.25, 0.3) is 0 Å². The second-order valence-electron chi connectivity index (χ2n) is 0.707. The van der Waals surface area contributed by atoms with E-state index < -0.39 is 0 Å². The monoisotopic (exact) mass is 162 g/mol. The molecular formula is C3H8Cl2Ti. The zero-order valence-corrected chi connectivity index (χ0v) is 7.04. The SMILES string of the molecule is CCC.[Cl-].[Cl-].[Ti+2]. The summed E-state index contributed by atoms with van der Waals surface area (Å²) in [6, 6.07) is 0. The molecule has 0 heterocycles. The van der Waals surface area contributed by atoms with Crippen LogP contribution in [-0.2, 0) is 21.7 Å². The van der Waals surface area contributed by atoms with E-state index in [1.54, 1.807) is 0 Å². The normalized spacial score (nSPS) is 3.00. The van der Waals surface area contributed by atoms with Crippen molar-refractivity contribution in [3.05, 3.63) is 0 Å². The van der Waals surface area contributed by atoms with Gasteiger partial charge in [0.15, 0.2) is 0 Å². The van der Waals surface area contributed by atoms with Crippen molar-refractivity contribution in [3.8, 4) is 0 Å². The molecule has 0 N–H and O–H groups in total. The summed E-state index contributed by atoms with van der Waals surface area (Å²) in [7, 11) is 0. The first kappa shape index (κ1) is 26.6. The van der Waals surface area contributed by atoms with Crippen LogP contribution in [-0.4, -0.2) is 0 Å². The van der Waals surface area contributed by atoms with Crippen molar-refractivity contribution in [1.29, 1.82) is 0 Å². The first-order valence-electron chi connectivity index (χ1n) is 1.41. The van der Waals surface area contributed by atoms with Gasteiger partial charge in [0.1, 0.15) is 0 Å². The van der Waals surface area contributed by atoms with Crippen molar-refractivity contribution < 1.29 is 46.5 Å². The van der Waals surface area contributed by atoms with Crippen LogP contribution in [0.15, 0.2) is 0 Å². The van der Waals surface area contributed by atoms with Gasteiger partial charge in [-0.15, -0.1) is 0 Å². The molecule has 0 unspecified atom stereocenters. The predicted octanol–water partition coefficient (Wildman–Crippen LogP) is -4.58. The average molecular weight is 163 g/mol. The van der Waals surface area contributed by atoms with Crippen LogP contribution in [0.1, 0.15) is 20.3 Å². The molecular weight excluding hydrogens is 155 g/mol. The van der Waals surface area contributed by atoms with E-state index in [9.17, 15) is 0 Å². The molecule has 0 amide bonds. The van der Waals surface area contributed by atoms with Crippen LogP contribution in [0.5, 0.6) is 0 Å². The Morgan fingerprint density at radius 1 is 1.00 bits per heavy atom. The molecule has 0 rings (SSSR count). The minimum absolute atomic E-state index is 0. The van der Waals surface area contributed by atoms with E-state index in [-0.39, 0.29) is 46.5 Å². The molecule has 0 aliphatic carbocycles. The first-order chi connectivity index (χ1) is 1.41. The molecule has 0 fully saturated rings. The third kappa shape index (κ3) is 58.3. The van der Waals surface area contributed by atoms with Gasteiger partial charge in [0.2, 0.25) is 0 Å². The zero-order chi connectivity index (χ0) is 2.71. The Balaban J connectivity index is -0.00000000667. The molecule has 0 atom stereocenters. The summed E-state index contributed by atoms with van der Waals surface area (Å²) in [5, 5.41) is 0. The van der Waals surface area contributed by atoms with Gasteiger partial charge >= 0.3 is 21.7 Å². The summed E-state index contributed by atoms with van der Waals surface area (Å²) >= 11 is 0. The Hall–Kier alpha value is 1.29. The molecule has 0 bridgehead atoms. The molecule has 0 spiro atoms. The van der Waals surface area contributed by atoms with Crippen molar-refractivity contribution in [1.82, 2.24) is 0 Å². The summed E-state index contributed by atoms with van der Waals surface area (Å²) < 4.78 is 0. The van der Waals surface area contributed by atoms with Crippen LogP contribution in [0.2, 0.25) is 0 Å². The quantitative estimate of drug-likeness (QED) is 0.315. The number of hydrogen-bond donors (Lipinski definition) is 0. The smallest absolute Gasteiger partial charge is 1.00 e. The molecule has 0 radical (unpaired) electrons. The van der Waals surface area contributed by atoms with Crippen molar-refractivity contribution >= 4 is 0 Å². The van der Waals surface area contributed by atoms with E-state index in [1.807, 2.05) is 0 Å². The van der Waals surface area contributed by atoms with E-state index in [2.05, 4.69) is 13.8 Å². The van der Waals surface area contributed by atoms with Gasteiger partial charge in [0, 0.05) is 0 Å². The number of halogens is 2. The summed E-state index contributed by atoms with van der Waals surface area (Å²) in [4.78, 5) is 0. The van der Waals surface area contributed by atoms with Crippen molar-refractivity contribution in [2.75, 3.05) is 0 Å². The standard InChI is InChI=1S/C3H8.2ClH.Ti/c1-3-2;;;/h3H2,1-2H3;2*1H;/q;;;+2/p-2. The van der Waals surface area contributed by atoms with E-state index in [0.29, 0.717) is 0 Å². The van der Waals surface area contributed by atoms with Crippen LogP contribution in [0.3, 0.4) is 0 Å². The zero-order valence-electron chi connectivity index (χ0n) is 3.96. The summed E-state index contributed by atoms with van der Waals surface area (Å²) in [6.45, 7) is 4.25. The van der Waals surface area contributed by atoms with Crippen LogP contribution < -0.4 is 24.8 Å². The maximum atomic E-state index is 2.12. The van der Waals surface area contributed by atoms with Gasteiger partial charge in [-0.25, -0.2) is 0 Å². The molecule has 0 saturated carbocycles. The fraction of sp³-hybridized carbons (Fsp3) is 1.00. The molecule has 0 aliphatic heterocycles. The van der Waals surface area contributed by atoms with E-state index in [1.165, 1.54) is 6.42 Å². The van der Waals surface area contributed by atoms with Gasteiger partial charge < -0.3 is 24.8 Å². The molecule has 0 saturated heterocycles. The maximum absolute atomic E-state index is 2.12. The van der Waals surface area contributed by atoms with Gasteiger partial charge in [-0.1, -0.05) is 20.3 Å². The van der Waals surface area contributed by atoms with E-state index in [0.717, 1.165) is 0 Å². The Labute approximate surface area is 66.8 Å². The maximum Gasteiger partial charge on any atom is 2.00 e. The second-order valence-corrected chi connectivity index (χ2v) is 0.707. The molecule has 0 aromatic carbocycles. The molecule has 0 aromatic rings. The minimum Gasteiger partial charge on any atom is -1.00 e. The fourth-order valence-electron chi connectivity index (χ4n) is 0. The van der Waals surface area contributed by atoms with Gasteiger partial charge in [-0.3, -0.25) is 0 Å². The Morgan fingerprint density at radius 2 is 1.00 bits per heavy atom.